The second-order valence-corrected chi connectivity index (χ2v) is 7.87. The van der Waals surface area contributed by atoms with Gasteiger partial charge in [0.1, 0.15) is 23.0 Å². The normalized spacial score (nSPS) is 12.5. The monoisotopic (exact) mass is 441 g/mol. The summed E-state index contributed by atoms with van der Waals surface area (Å²) in [5.74, 6) is 1.95. The van der Waals surface area contributed by atoms with Gasteiger partial charge in [-0.05, 0) is 61.0 Å². The number of halogens is 1. The lowest BCUT2D eigenvalue weighted by molar-refractivity contribution is 0.174. The molecule has 0 spiro atoms. The highest BCUT2D eigenvalue weighted by Gasteiger charge is 2.23. The first-order chi connectivity index (χ1) is 16.2. The van der Waals surface area contributed by atoms with Crippen LogP contribution in [0.5, 0.6) is 17.2 Å². The summed E-state index contributed by atoms with van der Waals surface area (Å²) in [4.78, 5) is 0. The van der Waals surface area contributed by atoms with Crippen LogP contribution in [0.4, 0.5) is 4.39 Å². The number of nitrogens with zero attached hydrogens (tertiary/aromatic N) is 3. The highest BCUT2D eigenvalue weighted by molar-refractivity contribution is 5.98. The third-order valence-corrected chi connectivity index (χ3v) is 5.80. The van der Waals surface area contributed by atoms with Crippen molar-refractivity contribution in [2.75, 3.05) is 13.4 Å². The van der Waals surface area contributed by atoms with Crippen molar-refractivity contribution >= 4 is 10.9 Å². The second kappa shape index (κ2) is 7.78. The summed E-state index contributed by atoms with van der Waals surface area (Å²) in [6.45, 7) is 3.33. The molecule has 0 unspecified atom stereocenters. The van der Waals surface area contributed by atoms with Crippen LogP contribution < -0.4 is 14.2 Å². The van der Waals surface area contributed by atoms with Crippen LogP contribution in [-0.2, 0) is 6.54 Å². The average molecular weight is 441 g/mol. The van der Waals surface area contributed by atoms with Crippen molar-refractivity contribution in [2.45, 2.75) is 13.5 Å². The molecule has 7 heteroatoms. The Balaban J connectivity index is 1.54. The summed E-state index contributed by atoms with van der Waals surface area (Å²) < 4.78 is 32.3. The molecule has 3 aromatic rings. The highest BCUT2D eigenvalue weighted by atomic mass is 19.1. The maximum atomic E-state index is 13.4. The molecule has 3 aliphatic rings. The number of fused-ring (bicyclic) bond motifs is 4. The minimum Gasteiger partial charge on any atom is -0.494 e. The smallest absolute Gasteiger partial charge is 0.231 e. The molecule has 0 N–H and O–H groups in total. The Hall–Kier alpha value is -4.13. The molecule has 3 aromatic carbocycles. The molecule has 0 bridgehead atoms. The van der Waals surface area contributed by atoms with Crippen LogP contribution >= 0.6 is 0 Å². The largest absolute Gasteiger partial charge is 0.494 e. The van der Waals surface area contributed by atoms with Crippen molar-refractivity contribution in [2.24, 2.45) is 0 Å². The number of benzene rings is 3. The van der Waals surface area contributed by atoms with Crippen LogP contribution in [0.15, 0.2) is 66.9 Å². The minimum atomic E-state index is -0.250. The first-order valence-electron chi connectivity index (χ1n) is 10.8. The third-order valence-electron chi connectivity index (χ3n) is 5.80. The Morgan fingerprint density at radius 2 is 1.76 bits per heavy atom. The lowest BCUT2D eigenvalue weighted by atomic mass is 10.0. The molecule has 3 aliphatic heterocycles. The van der Waals surface area contributed by atoms with Crippen molar-refractivity contribution in [3.63, 3.8) is 0 Å². The van der Waals surface area contributed by atoms with Crippen molar-refractivity contribution < 1.29 is 18.6 Å². The first-order valence-corrected chi connectivity index (χ1v) is 10.8. The summed E-state index contributed by atoms with van der Waals surface area (Å²) >= 11 is 0. The Morgan fingerprint density at radius 3 is 2.61 bits per heavy atom. The molecule has 0 aromatic heterocycles. The Labute approximate surface area is 189 Å². The third kappa shape index (κ3) is 3.42. The SMILES string of the molecule is CCOc1ccc2c(c1)c1nnc(-c3ccc4c(c3)OCO4)c-1cn2Cc1ccc(F)cc1. The number of rotatable bonds is 5. The summed E-state index contributed by atoms with van der Waals surface area (Å²) in [5.41, 5.74) is 5.36. The summed E-state index contributed by atoms with van der Waals surface area (Å²) in [5, 5.41) is 10.0. The number of aromatic nitrogens is 3. The van der Waals surface area contributed by atoms with Gasteiger partial charge in [-0.2, -0.15) is 0 Å². The van der Waals surface area contributed by atoms with Crippen LogP contribution in [0.3, 0.4) is 0 Å². The van der Waals surface area contributed by atoms with Gasteiger partial charge in [0.25, 0.3) is 0 Å². The zero-order chi connectivity index (χ0) is 22.4. The van der Waals surface area contributed by atoms with E-state index in [4.69, 9.17) is 14.2 Å². The second-order valence-electron chi connectivity index (χ2n) is 7.87. The average Bonchev–Trinajstić information content (AvgIpc) is 3.47. The van der Waals surface area contributed by atoms with Crippen LogP contribution in [0, 0.1) is 5.82 Å². The van der Waals surface area contributed by atoms with Gasteiger partial charge in [0, 0.05) is 29.3 Å². The Morgan fingerprint density at radius 1 is 0.939 bits per heavy atom. The minimum absolute atomic E-state index is 0.217. The number of pyridine rings is 1. The van der Waals surface area contributed by atoms with Crippen LogP contribution in [0.25, 0.3) is 33.4 Å². The predicted octanol–water partition coefficient (Wildman–Crippen LogP) is 5.52. The molecule has 33 heavy (non-hydrogen) atoms. The molecule has 6 nitrogen and oxygen atoms in total. The van der Waals surface area contributed by atoms with Crippen molar-refractivity contribution in [1.29, 1.82) is 0 Å². The molecular weight excluding hydrogens is 421 g/mol. The van der Waals surface area contributed by atoms with Crippen LogP contribution in [-0.4, -0.2) is 28.2 Å². The fraction of sp³-hybridized carbons (Fsp3) is 0.154. The van der Waals surface area contributed by atoms with Gasteiger partial charge in [0.2, 0.25) is 6.79 Å². The molecule has 0 aliphatic carbocycles. The maximum absolute atomic E-state index is 13.4. The highest BCUT2D eigenvalue weighted by Crippen LogP contribution is 2.41. The first kappa shape index (κ1) is 19.5. The quantitative estimate of drug-likeness (QED) is 0.360. The van der Waals surface area contributed by atoms with Crippen molar-refractivity contribution in [1.82, 2.24) is 14.8 Å². The van der Waals surface area contributed by atoms with E-state index in [0.29, 0.717) is 18.9 Å². The van der Waals surface area contributed by atoms with Gasteiger partial charge in [-0.1, -0.05) is 12.1 Å². The maximum Gasteiger partial charge on any atom is 0.231 e. The molecule has 164 valence electrons. The molecule has 0 radical (unpaired) electrons. The van der Waals surface area contributed by atoms with E-state index in [2.05, 4.69) is 21.0 Å². The molecule has 0 atom stereocenters. The van der Waals surface area contributed by atoms with E-state index in [0.717, 1.165) is 50.5 Å². The molecule has 0 fully saturated rings. The summed E-state index contributed by atoms with van der Waals surface area (Å²) in [6, 6.07) is 18.3. The van der Waals surface area contributed by atoms with Gasteiger partial charge in [0.05, 0.1) is 12.1 Å². The number of ether oxygens (including phenoxy) is 3. The van der Waals surface area contributed by atoms with Gasteiger partial charge in [0.15, 0.2) is 11.5 Å². The van der Waals surface area contributed by atoms with E-state index in [-0.39, 0.29) is 12.6 Å². The van der Waals surface area contributed by atoms with E-state index in [1.165, 1.54) is 12.1 Å². The van der Waals surface area contributed by atoms with E-state index in [1.807, 2.05) is 43.3 Å². The molecule has 0 saturated carbocycles. The zero-order valence-corrected chi connectivity index (χ0v) is 17.9. The fourth-order valence-electron chi connectivity index (χ4n) is 4.25. The van der Waals surface area contributed by atoms with Gasteiger partial charge >= 0.3 is 0 Å². The lowest BCUT2D eigenvalue weighted by Gasteiger charge is -2.16. The van der Waals surface area contributed by atoms with Crippen LogP contribution in [0.2, 0.25) is 0 Å². The van der Waals surface area contributed by atoms with Gasteiger partial charge < -0.3 is 18.8 Å². The van der Waals surface area contributed by atoms with Crippen molar-refractivity contribution in [3.05, 3.63) is 78.2 Å². The van der Waals surface area contributed by atoms with Gasteiger partial charge in [-0.15, -0.1) is 10.2 Å². The lowest BCUT2D eigenvalue weighted by Crippen LogP contribution is -2.04. The zero-order valence-electron chi connectivity index (χ0n) is 17.9. The summed E-state index contributed by atoms with van der Waals surface area (Å²) in [7, 11) is 0. The van der Waals surface area contributed by atoms with E-state index in [9.17, 15) is 4.39 Å². The number of hydrogen-bond acceptors (Lipinski definition) is 5. The van der Waals surface area contributed by atoms with E-state index in [1.54, 1.807) is 12.1 Å². The van der Waals surface area contributed by atoms with Crippen molar-refractivity contribution in [3.8, 4) is 39.8 Å². The molecule has 0 amide bonds. The molecule has 6 rings (SSSR count). The fourth-order valence-corrected chi connectivity index (χ4v) is 4.25. The van der Waals surface area contributed by atoms with E-state index < -0.39 is 0 Å². The standard InChI is InChI=1S/C26H20FN3O3/c1-2-31-19-8-9-22-20(12-19)26-21(14-30(22)13-16-3-6-18(27)7-4-16)25(28-29-26)17-5-10-23-24(11-17)33-15-32-23/h3-12,14H,2,13,15H2,1H3. The Kier molecular flexibility index (Phi) is 4.61. The Bertz CT molecular complexity index is 1450. The van der Waals surface area contributed by atoms with Gasteiger partial charge in [-0.3, -0.25) is 0 Å². The summed E-state index contributed by atoms with van der Waals surface area (Å²) in [6.07, 6.45) is 2.06. The van der Waals surface area contributed by atoms with Gasteiger partial charge in [-0.25, -0.2) is 4.39 Å². The topological polar surface area (TPSA) is 58.4 Å². The molecule has 0 saturated heterocycles. The van der Waals surface area contributed by atoms with E-state index >= 15 is 0 Å². The molecular formula is C26H20FN3O3. The number of hydrogen-bond donors (Lipinski definition) is 0. The predicted molar refractivity (Wildman–Crippen MR) is 122 cm³/mol. The molecule has 3 heterocycles. The van der Waals surface area contributed by atoms with Crippen LogP contribution in [0.1, 0.15) is 12.5 Å².